The summed E-state index contributed by atoms with van der Waals surface area (Å²) >= 11 is 0. The number of unbranched alkanes of at least 4 members (excludes halogenated alkanes) is 4. The highest BCUT2D eigenvalue weighted by molar-refractivity contribution is 5.74. The Morgan fingerprint density at radius 3 is 2.05 bits per heavy atom. The summed E-state index contributed by atoms with van der Waals surface area (Å²) in [7, 11) is 0. The van der Waals surface area contributed by atoms with E-state index >= 15 is 0 Å². The van der Waals surface area contributed by atoms with Crippen LogP contribution in [0, 0.1) is 11.3 Å². The van der Waals surface area contributed by atoms with E-state index in [0.717, 1.165) is 44.4 Å². The molecule has 0 saturated heterocycles. The standard InChI is InChI=1S/C17H34O2/c1-5-7-13-17(6-2,16(18)19)14-11-9-8-10-12-15(3)4/h15H,5-14H2,1-4H3,(H,18,19). The average Bonchev–Trinajstić information content (AvgIpc) is 2.36. The van der Waals surface area contributed by atoms with Gasteiger partial charge in [-0.15, -0.1) is 0 Å². The van der Waals surface area contributed by atoms with Crippen molar-refractivity contribution in [3.05, 3.63) is 0 Å². The highest BCUT2D eigenvalue weighted by Crippen LogP contribution is 2.35. The summed E-state index contributed by atoms with van der Waals surface area (Å²) in [5, 5.41) is 9.53. The van der Waals surface area contributed by atoms with Crippen LogP contribution < -0.4 is 0 Å². The summed E-state index contributed by atoms with van der Waals surface area (Å²) in [5.74, 6) is 0.212. The number of carboxylic acids is 1. The second kappa shape index (κ2) is 10.3. The van der Waals surface area contributed by atoms with E-state index in [2.05, 4.69) is 20.8 Å². The summed E-state index contributed by atoms with van der Waals surface area (Å²) in [6.07, 6.45) is 10.7. The Labute approximate surface area is 120 Å². The van der Waals surface area contributed by atoms with Gasteiger partial charge in [0.25, 0.3) is 0 Å². The molecular formula is C17H34O2. The zero-order chi connectivity index (χ0) is 14.7. The lowest BCUT2D eigenvalue weighted by molar-refractivity contribution is -0.150. The quantitative estimate of drug-likeness (QED) is 0.465. The van der Waals surface area contributed by atoms with E-state index in [0.29, 0.717) is 0 Å². The Hall–Kier alpha value is -0.530. The SMILES string of the molecule is CCCCC(CC)(CCCCCCC(C)C)C(=O)O. The van der Waals surface area contributed by atoms with Gasteiger partial charge in [0, 0.05) is 0 Å². The minimum absolute atomic E-state index is 0.450. The molecule has 0 aliphatic rings. The topological polar surface area (TPSA) is 37.3 Å². The van der Waals surface area contributed by atoms with Crippen molar-refractivity contribution >= 4 is 5.97 Å². The number of carboxylic acid groups (broad SMARTS) is 1. The zero-order valence-electron chi connectivity index (χ0n) is 13.5. The minimum atomic E-state index is -0.578. The second-order valence-electron chi connectivity index (χ2n) is 6.39. The molecule has 0 fully saturated rings. The molecule has 0 aliphatic carbocycles. The molecule has 0 aliphatic heterocycles. The molecule has 1 N–H and O–H groups in total. The van der Waals surface area contributed by atoms with Crippen molar-refractivity contribution in [1.29, 1.82) is 0 Å². The van der Waals surface area contributed by atoms with Crippen LogP contribution in [0.4, 0.5) is 0 Å². The number of hydrogen-bond donors (Lipinski definition) is 1. The predicted molar refractivity (Wildman–Crippen MR) is 82.4 cm³/mol. The lowest BCUT2D eigenvalue weighted by Gasteiger charge is -2.28. The fraction of sp³-hybridized carbons (Fsp3) is 0.941. The largest absolute Gasteiger partial charge is 0.481 e. The molecule has 0 aromatic carbocycles. The Morgan fingerprint density at radius 2 is 1.58 bits per heavy atom. The van der Waals surface area contributed by atoms with Gasteiger partial charge in [-0.3, -0.25) is 4.79 Å². The van der Waals surface area contributed by atoms with Crippen LogP contribution in [0.2, 0.25) is 0 Å². The summed E-state index contributed by atoms with van der Waals surface area (Å²) in [5.41, 5.74) is -0.450. The first-order valence-electron chi connectivity index (χ1n) is 8.22. The van der Waals surface area contributed by atoms with Crippen LogP contribution >= 0.6 is 0 Å². The maximum Gasteiger partial charge on any atom is 0.309 e. The summed E-state index contributed by atoms with van der Waals surface area (Å²) < 4.78 is 0. The minimum Gasteiger partial charge on any atom is -0.481 e. The van der Waals surface area contributed by atoms with E-state index < -0.39 is 11.4 Å². The molecule has 19 heavy (non-hydrogen) atoms. The summed E-state index contributed by atoms with van der Waals surface area (Å²) in [6, 6.07) is 0. The van der Waals surface area contributed by atoms with Crippen LogP contribution in [0.5, 0.6) is 0 Å². The van der Waals surface area contributed by atoms with Crippen LogP contribution in [-0.4, -0.2) is 11.1 Å². The first-order chi connectivity index (χ1) is 8.98. The molecule has 2 nitrogen and oxygen atoms in total. The van der Waals surface area contributed by atoms with Gasteiger partial charge in [0.15, 0.2) is 0 Å². The maximum absolute atomic E-state index is 11.6. The van der Waals surface area contributed by atoms with Crippen molar-refractivity contribution in [2.24, 2.45) is 11.3 Å². The van der Waals surface area contributed by atoms with Crippen molar-refractivity contribution in [3.8, 4) is 0 Å². The molecule has 2 heteroatoms. The van der Waals surface area contributed by atoms with Crippen LogP contribution in [0.15, 0.2) is 0 Å². The molecule has 1 unspecified atom stereocenters. The van der Waals surface area contributed by atoms with Gasteiger partial charge in [0.2, 0.25) is 0 Å². The van der Waals surface area contributed by atoms with E-state index in [4.69, 9.17) is 0 Å². The van der Waals surface area contributed by atoms with Gasteiger partial charge in [-0.05, 0) is 25.2 Å². The average molecular weight is 270 g/mol. The fourth-order valence-electron chi connectivity index (χ4n) is 2.73. The van der Waals surface area contributed by atoms with Gasteiger partial charge < -0.3 is 5.11 Å². The van der Waals surface area contributed by atoms with Gasteiger partial charge in [-0.1, -0.05) is 72.6 Å². The normalized spacial score (nSPS) is 14.6. The molecule has 0 bridgehead atoms. The summed E-state index contributed by atoms with van der Waals surface area (Å²) in [4.78, 5) is 11.6. The van der Waals surface area contributed by atoms with Crippen molar-refractivity contribution in [3.63, 3.8) is 0 Å². The monoisotopic (exact) mass is 270 g/mol. The van der Waals surface area contributed by atoms with E-state index in [-0.39, 0.29) is 0 Å². The number of carbonyl (C=O) groups is 1. The third-order valence-electron chi connectivity index (χ3n) is 4.33. The first kappa shape index (κ1) is 18.5. The smallest absolute Gasteiger partial charge is 0.309 e. The van der Waals surface area contributed by atoms with Crippen LogP contribution in [0.3, 0.4) is 0 Å². The van der Waals surface area contributed by atoms with Crippen LogP contribution in [0.1, 0.15) is 91.9 Å². The lowest BCUT2D eigenvalue weighted by Crippen LogP contribution is -2.30. The molecule has 0 amide bonds. The molecule has 0 saturated carbocycles. The van der Waals surface area contributed by atoms with Gasteiger partial charge in [0.1, 0.15) is 0 Å². The van der Waals surface area contributed by atoms with Crippen LogP contribution in [0.25, 0.3) is 0 Å². The van der Waals surface area contributed by atoms with Gasteiger partial charge in [-0.25, -0.2) is 0 Å². The lowest BCUT2D eigenvalue weighted by atomic mass is 9.76. The van der Waals surface area contributed by atoms with Gasteiger partial charge >= 0.3 is 5.97 Å². The van der Waals surface area contributed by atoms with E-state index in [1.165, 1.54) is 25.7 Å². The molecule has 0 spiro atoms. The number of hydrogen-bond acceptors (Lipinski definition) is 1. The highest BCUT2D eigenvalue weighted by atomic mass is 16.4. The fourth-order valence-corrected chi connectivity index (χ4v) is 2.73. The highest BCUT2D eigenvalue weighted by Gasteiger charge is 2.35. The van der Waals surface area contributed by atoms with Crippen LogP contribution in [-0.2, 0) is 4.79 Å². The van der Waals surface area contributed by atoms with E-state index in [9.17, 15) is 9.90 Å². The van der Waals surface area contributed by atoms with Crippen molar-refractivity contribution in [1.82, 2.24) is 0 Å². The Balaban J connectivity index is 4.02. The Bertz CT molecular complexity index is 235. The van der Waals surface area contributed by atoms with Gasteiger partial charge in [-0.2, -0.15) is 0 Å². The van der Waals surface area contributed by atoms with Crippen molar-refractivity contribution < 1.29 is 9.90 Å². The molecule has 0 aromatic heterocycles. The second-order valence-corrected chi connectivity index (χ2v) is 6.39. The van der Waals surface area contributed by atoms with Crippen molar-refractivity contribution in [2.45, 2.75) is 91.9 Å². The zero-order valence-corrected chi connectivity index (χ0v) is 13.5. The molecule has 0 heterocycles. The predicted octanol–water partition coefficient (Wildman–Crippen LogP) is 5.65. The maximum atomic E-state index is 11.6. The van der Waals surface area contributed by atoms with E-state index in [1.807, 2.05) is 6.92 Å². The van der Waals surface area contributed by atoms with Crippen molar-refractivity contribution in [2.75, 3.05) is 0 Å². The Morgan fingerprint density at radius 1 is 1.00 bits per heavy atom. The number of aliphatic carboxylic acids is 1. The first-order valence-corrected chi connectivity index (χ1v) is 8.22. The Kier molecular flexibility index (Phi) is 9.99. The molecular weight excluding hydrogens is 236 g/mol. The molecule has 0 radical (unpaired) electrons. The summed E-state index contributed by atoms with van der Waals surface area (Å²) in [6.45, 7) is 8.69. The van der Waals surface area contributed by atoms with E-state index in [1.54, 1.807) is 0 Å². The molecule has 0 aromatic rings. The third kappa shape index (κ3) is 7.59. The van der Waals surface area contributed by atoms with Gasteiger partial charge in [0.05, 0.1) is 5.41 Å². The third-order valence-corrected chi connectivity index (χ3v) is 4.33. The molecule has 114 valence electrons. The molecule has 1 atom stereocenters. The molecule has 0 rings (SSSR count). The number of rotatable bonds is 12.